The number of carbonyl (C=O) groups excluding carboxylic acids is 1. The molecule has 0 saturated carbocycles. The molecule has 1 aliphatic heterocycles. The fourth-order valence-electron chi connectivity index (χ4n) is 2.18. The zero-order valence-corrected chi connectivity index (χ0v) is 10.7. The first kappa shape index (κ1) is 14.0. The molecule has 1 aliphatic rings. The molecular weight excluding hydrogens is 249 g/mol. The molecule has 0 unspecified atom stereocenters. The van der Waals surface area contributed by atoms with E-state index in [2.05, 4.69) is 0 Å². The molecule has 2 rings (SSSR count). The average Bonchev–Trinajstić information content (AvgIpc) is 2.77. The SMILES string of the molecule is O=C(CN1C[C@@H](CO)[C@@H](F)C1)OCc1ccccc1. The van der Waals surface area contributed by atoms with Gasteiger partial charge in [-0.2, -0.15) is 0 Å². The van der Waals surface area contributed by atoms with Crippen molar-refractivity contribution >= 4 is 5.97 Å². The van der Waals surface area contributed by atoms with Gasteiger partial charge in [-0.15, -0.1) is 0 Å². The van der Waals surface area contributed by atoms with Crippen LogP contribution in [0, 0.1) is 5.92 Å². The molecule has 1 N–H and O–H groups in total. The fraction of sp³-hybridized carbons (Fsp3) is 0.500. The van der Waals surface area contributed by atoms with Crippen molar-refractivity contribution in [2.24, 2.45) is 5.92 Å². The number of alkyl halides is 1. The van der Waals surface area contributed by atoms with Crippen LogP contribution in [0.2, 0.25) is 0 Å². The molecule has 2 atom stereocenters. The van der Waals surface area contributed by atoms with Crippen LogP contribution in [-0.4, -0.2) is 48.4 Å². The maximum Gasteiger partial charge on any atom is 0.320 e. The lowest BCUT2D eigenvalue weighted by molar-refractivity contribution is -0.146. The van der Waals surface area contributed by atoms with Crippen molar-refractivity contribution in [1.82, 2.24) is 4.90 Å². The first-order chi connectivity index (χ1) is 9.19. The second kappa shape index (κ2) is 6.63. The molecule has 0 bridgehead atoms. The van der Waals surface area contributed by atoms with Crippen molar-refractivity contribution in [3.8, 4) is 0 Å². The lowest BCUT2D eigenvalue weighted by Crippen LogP contribution is -2.29. The quantitative estimate of drug-likeness (QED) is 0.808. The van der Waals surface area contributed by atoms with Crippen LogP contribution in [0.4, 0.5) is 4.39 Å². The van der Waals surface area contributed by atoms with Crippen molar-refractivity contribution in [2.75, 3.05) is 26.2 Å². The van der Waals surface area contributed by atoms with Crippen molar-refractivity contribution in [1.29, 1.82) is 0 Å². The Balaban J connectivity index is 1.73. The number of carbonyl (C=O) groups is 1. The maximum atomic E-state index is 13.4. The molecule has 4 nitrogen and oxygen atoms in total. The lowest BCUT2D eigenvalue weighted by Gasteiger charge is -2.14. The van der Waals surface area contributed by atoms with Crippen LogP contribution in [-0.2, 0) is 16.1 Å². The first-order valence-corrected chi connectivity index (χ1v) is 6.36. The minimum atomic E-state index is -1.06. The third kappa shape index (κ3) is 4.01. The Morgan fingerprint density at radius 3 is 2.74 bits per heavy atom. The van der Waals surface area contributed by atoms with Crippen LogP contribution < -0.4 is 0 Å². The molecule has 1 fully saturated rings. The Labute approximate surface area is 111 Å². The van der Waals surface area contributed by atoms with E-state index in [1.165, 1.54) is 0 Å². The van der Waals surface area contributed by atoms with Crippen LogP contribution in [0.5, 0.6) is 0 Å². The molecule has 1 heterocycles. The summed E-state index contributed by atoms with van der Waals surface area (Å²) in [6.45, 7) is 0.709. The molecule has 0 spiro atoms. The minimum Gasteiger partial charge on any atom is -0.460 e. The van der Waals surface area contributed by atoms with Gasteiger partial charge in [0, 0.05) is 25.6 Å². The first-order valence-electron chi connectivity index (χ1n) is 6.36. The van der Waals surface area contributed by atoms with Crippen molar-refractivity contribution in [2.45, 2.75) is 12.8 Å². The number of ether oxygens (including phenoxy) is 1. The van der Waals surface area contributed by atoms with Crippen molar-refractivity contribution in [3.63, 3.8) is 0 Å². The van der Waals surface area contributed by atoms with Crippen LogP contribution >= 0.6 is 0 Å². The van der Waals surface area contributed by atoms with Gasteiger partial charge in [0.2, 0.25) is 0 Å². The highest BCUT2D eigenvalue weighted by Crippen LogP contribution is 2.19. The standard InChI is InChI=1S/C14H18FNO3/c15-13-7-16(6-12(13)9-17)8-14(18)19-10-11-4-2-1-3-5-11/h1-5,12-13,17H,6-10H2/t12-,13-/m0/s1. The number of aliphatic hydroxyl groups excluding tert-OH is 1. The van der Waals surface area contributed by atoms with Gasteiger partial charge in [0.25, 0.3) is 0 Å². The van der Waals surface area contributed by atoms with Gasteiger partial charge in [-0.25, -0.2) is 4.39 Å². The largest absolute Gasteiger partial charge is 0.460 e. The molecule has 0 aromatic heterocycles. The third-order valence-corrected chi connectivity index (χ3v) is 3.27. The minimum absolute atomic E-state index is 0.0732. The molecule has 1 saturated heterocycles. The van der Waals surface area contributed by atoms with E-state index in [1.54, 1.807) is 4.90 Å². The zero-order chi connectivity index (χ0) is 13.7. The van der Waals surface area contributed by atoms with E-state index in [-0.39, 0.29) is 38.2 Å². The number of nitrogens with zero attached hydrogens (tertiary/aromatic N) is 1. The summed E-state index contributed by atoms with van der Waals surface area (Å²) in [5.41, 5.74) is 0.925. The Hall–Kier alpha value is -1.46. The van der Waals surface area contributed by atoms with Crippen LogP contribution in [0.1, 0.15) is 5.56 Å². The van der Waals surface area contributed by atoms with E-state index in [9.17, 15) is 9.18 Å². The molecule has 19 heavy (non-hydrogen) atoms. The summed E-state index contributed by atoms with van der Waals surface area (Å²) in [7, 11) is 0. The number of hydrogen-bond donors (Lipinski definition) is 1. The molecule has 1 aromatic rings. The Morgan fingerprint density at radius 1 is 1.37 bits per heavy atom. The summed E-state index contributed by atoms with van der Waals surface area (Å²) in [5, 5.41) is 8.96. The normalized spacial score (nSPS) is 23.5. The van der Waals surface area contributed by atoms with E-state index in [4.69, 9.17) is 9.84 Å². The second-order valence-corrected chi connectivity index (χ2v) is 4.80. The Morgan fingerprint density at radius 2 is 2.11 bits per heavy atom. The highest BCUT2D eigenvalue weighted by molar-refractivity contribution is 5.71. The molecular formula is C14H18FNO3. The molecule has 0 radical (unpaired) electrons. The van der Waals surface area contributed by atoms with Gasteiger partial charge in [0.1, 0.15) is 12.8 Å². The lowest BCUT2D eigenvalue weighted by atomic mass is 10.1. The van der Waals surface area contributed by atoms with Crippen LogP contribution in [0.25, 0.3) is 0 Å². The average molecular weight is 267 g/mol. The molecule has 0 amide bonds. The predicted molar refractivity (Wildman–Crippen MR) is 68.1 cm³/mol. The van der Waals surface area contributed by atoms with E-state index in [0.717, 1.165) is 5.56 Å². The molecule has 0 aliphatic carbocycles. The van der Waals surface area contributed by atoms with E-state index in [0.29, 0.717) is 6.54 Å². The van der Waals surface area contributed by atoms with Gasteiger partial charge in [-0.05, 0) is 5.56 Å². The number of likely N-dealkylation sites (tertiary alicyclic amines) is 1. The molecule has 5 heteroatoms. The molecule has 1 aromatic carbocycles. The van der Waals surface area contributed by atoms with E-state index >= 15 is 0 Å². The predicted octanol–water partition coefficient (Wildman–Crippen LogP) is 0.992. The molecule has 104 valence electrons. The third-order valence-electron chi connectivity index (χ3n) is 3.27. The smallest absolute Gasteiger partial charge is 0.320 e. The van der Waals surface area contributed by atoms with Gasteiger partial charge in [0.15, 0.2) is 0 Å². The summed E-state index contributed by atoms with van der Waals surface area (Å²) < 4.78 is 18.5. The van der Waals surface area contributed by atoms with Crippen molar-refractivity contribution in [3.05, 3.63) is 35.9 Å². The van der Waals surface area contributed by atoms with Gasteiger partial charge in [-0.3, -0.25) is 9.69 Å². The number of rotatable bonds is 5. The number of halogens is 1. The van der Waals surface area contributed by atoms with E-state index < -0.39 is 6.17 Å². The summed E-state index contributed by atoms with van der Waals surface area (Å²) in [6.07, 6.45) is -1.06. The number of benzene rings is 1. The zero-order valence-electron chi connectivity index (χ0n) is 10.7. The highest BCUT2D eigenvalue weighted by Gasteiger charge is 2.33. The van der Waals surface area contributed by atoms with Gasteiger partial charge >= 0.3 is 5.97 Å². The fourth-order valence-corrected chi connectivity index (χ4v) is 2.18. The second-order valence-electron chi connectivity index (χ2n) is 4.80. The monoisotopic (exact) mass is 267 g/mol. The van der Waals surface area contributed by atoms with E-state index in [1.807, 2.05) is 30.3 Å². The van der Waals surface area contributed by atoms with Crippen molar-refractivity contribution < 1.29 is 19.0 Å². The number of esters is 1. The summed E-state index contributed by atoms with van der Waals surface area (Å²) in [5.74, 6) is -0.753. The Bertz CT molecular complexity index is 412. The van der Waals surface area contributed by atoms with Gasteiger partial charge < -0.3 is 9.84 Å². The van der Waals surface area contributed by atoms with Gasteiger partial charge in [-0.1, -0.05) is 30.3 Å². The van der Waals surface area contributed by atoms with Gasteiger partial charge in [0.05, 0.1) is 6.54 Å². The topological polar surface area (TPSA) is 49.8 Å². The Kier molecular flexibility index (Phi) is 4.87. The summed E-state index contributed by atoms with van der Waals surface area (Å²) in [6, 6.07) is 9.41. The summed E-state index contributed by atoms with van der Waals surface area (Å²) in [4.78, 5) is 13.3. The number of hydrogen-bond acceptors (Lipinski definition) is 4. The number of aliphatic hydroxyl groups is 1. The summed E-state index contributed by atoms with van der Waals surface area (Å²) >= 11 is 0. The van der Waals surface area contributed by atoms with Crippen LogP contribution in [0.15, 0.2) is 30.3 Å². The maximum absolute atomic E-state index is 13.4. The highest BCUT2D eigenvalue weighted by atomic mass is 19.1. The van der Waals surface area contributed by atoms with Crippen LogP contribution in [0.3, 0.4) is 0 Å².